The number of aryl methyl sites for hydroxylation is 1. The highest BCUT2D eigenvalue weighted by molar-refractivity contribution is 9.10. The molecule has 1 aromatic carbocycles. The first-order chi connectivity index (χ1) is 10.2. The number of rotatable bonds is 11. The maximum atomic E-state index is 3.69. The Morgan fingerprint density at radius 2 is 1.62 bits per heavy atom. The highest BCUT2D eigenvalue weighted by Gasteiger charge is 2.12. The molecule has 0 aromatic heterocycles. The summed E-state index contributed by atoms with van der Waals surface area (Å²) >= 11 is 3.69. The van der Waals surface area contributed by atoms with Gasteiger partial charge >= 0.3 is 0 Å². The van der Waals surface area contributed by atoms with Crippen molar-refractivity contribution in [3.63, 3.8) is 0 Å². The second kappa shape index (κ2) is 11.3. The van der Waals surface area contributed by atoms with Gasteiger partial charge in [-0.05, 0) is 32.0 Å². The standard InChI is InChI=1S/C19H32BrN/c1-4-5-6-7-8-9-10-11-12-19(21-3)17-15-16(2)13-14-18(17)20/h13-15,19,21H,4-12H2,1-3H3. The van der Waals surface area contributed by atoms with E-state index in [-0.39, 0.29) is 0 Å². The van der Waals surface area contributed by atoms with E-state index >= 15 is 0 Å². The molecule has 0 fully saturated rings. The highest BCUT2D eigenvalue weighted by atomic mass is 79.9. The number of nitrogens with one attached hydrogen (secondary N) is 1. The van der Waals surface area contributed by atoms with Crippen LogP contribution in [0.2, 0.25) is 0 Å². The molecule has 0 saturated heterocycles. The van der Waals surface area contributed by atoms with Crippen LogP contribution in [0.4, 0.5) is 0 Å². The van der Waals surface area contributed by atoms with Crippen LogP contribution in [-0.4, -0.2) is 7.05 Å². The van der Waals surface area contributed by atoms with Gasteiger partial charge in [-0.3, -0.25) is 0 Å². The molecule has 0 aliphatic rings. The normalized spacial score (nSPS) is 12.6. The topological polar surface area (TPSA) is 12.0 Å². The highest BCUT2D eigenvalue weighted by Crippen LogP contribution is 2.28. The van der Waals surface area contributed by atoms with Gasteiger partial charge in [0.1, 0.15) is 0 Å². The summed E-state index contributed by atoms with van der Waals surface area (Å²) in [6.07, 6.45) is 12.3. The van der Waals surface area contributed by atoms with Crippen molar-refractivity contribution >= 4 is 15.9 Å². The van der Waals surface area contributed by atoms with Crippen LogP contribution in [0.3, 0.4) is 0 Å². The molecule has 21 heavy (non-hydrogen) atoms. The molecule has 0 saturated carbocycles. The van der Waals surface area contributed by atoms with Crippen molar-refractivity contribution in [3.8, 4) is 0 Å². The molecule has 1 N–H and O–H groups in total. The molecule has 0 aliphatic heterocycles. The largest absolute Gasteiger partial charge is 0.313 e. The predicted octanol–water partition coefficient (Wildman–Crippen LogP) is 6.55. The molecule has 0 spiro atoms. The van der Waals surface area contributed by atoms with Crippen LogP contribution in [0, 0.1) is 6.92 Å². The van der Waals surface area contributed by atoms with Crippen molar-refractivity contribution in [2.45, 2.75) is 77.7 Å². The number of unbranched alkanes of at least 4 members (excludes halogenated alkanes) is 7. The smallest absolute Gasteiger partial charge is 0.0328 e. The minimum absolute atomic E-state index is 0.472. The van der Waals surface area contributed by atoms with E-state index in [1.54, 1.807) is 0 Å². The lowest BCUT2D eigenvalue weighted by Crippen LogP contribution is -2.17. The van der Waals surface area contributed by atoms with E-state index in [1.807, 2.05) is 0 Å². The summed E-state index contributed by atoms with van der Waals surface area (Å²) in [6, 6.07) is 7.11. The number of halogens is 1. The van der Waals surface area contributed by atoms with Crippen molar-refractivity contribution in [2.24, 2.45) is 0 Å². The van der Waals surface area contributed by atoms with Gasteiger partial charge < -0.3 is 5.32 Å². The van der Waals surface area contributed by atoms with Crippen LogP contribution in [0.1, 0.15) is 81.9 Å². The molecule has 2 heteroatoms. The zero-order valence-corrected chi connectivity index (χ0v) is 15.6. The summed E-state index contributed by atoms with van der Waals surface area (Å²) in [5, 5.41) is 3.48. The zero-order chi connectivity index (χ0) is 15.5. The first-order valence-electron chi connectivity index (χ1n) is 8.62. The van der Waals surface area contributed by atoms with Crippen LogP contribution >= 0.6 is 15.9 Å². The van der Waals surface area contributed by atoms with Crippen molar-refractivity contribution in [2.75, 3.05) is 7.05 Å². The Bertz CT molecular complexity index is 389. The second-order valence-electron chi connectivity index (χ2n) is 6.13. The Kier molecular flexibility index (Phi) is 10.0. The molecule has 1 unspecified atom stereocenters. The van der Waals surface area contributed by atoms with E-state index in [1.165, 1.54) is 73.4 Å². The van der Waals surface area contributed by atoms with Crippen LogP contribution in [0.5, 0.6) is 0 Å². The van der Waals surface area contributed by atoms with Crippen molar-refractivity contribution in [1.82, 2.24) is 5.32 Å². The van der Waals surface area contributed by atoms with E-state index in [0.29, 0.717) is 6.04 Å². The van der Waals surface area contributed by atoms with Gasteiger partial charge in [-0.15, -0.1) is 0 Å². The third-order valence-corrected chi connectivity index (χ3v) is 4.94. The second-order valence-corrected chi connectivity index (χ2v) is 6.98. The molecule has 1 rings (SSSR count). The lowest BCUT2D eigenvalue weighted by molar-refractivity contribution is 0.493. The number of hydrogen-bond donors (Lipinski definition) is 1. The van der Waals surface area contributed by atoms with Crippen LogP contribution < -0.4 is 5.32 Å². The first-order valence-corrected chi connectivity index (χ1v) is 9.41. The lowest BCUT2D eigenvalue weighted by atomic mass is 9.98. The SMILES string of the molecule is CCCCCCCCCCC(NC)c1cc(C)ccc1Br. The molecular formula is C19H32BrN. The maximum Gasteiger partial charge on any atom is 0.0328 e. The third kappa shape index (κ3) is 7.46. The monoisotopic (exact) mass is 353 g/mol. The third-order valence-electron chi connectivity index (χ3n) is 4.22. The van der Waals surface area contributed by atoms with E-state index in [4.69, 9.17) is 0 Å². The summed E-state index contributed by atoms with van der Waals surface area (Å²) in [5.74, 6) is 0. The van der Waals surface area contributed by atoms with Crippen molar-refractivity contribution in [1.29, 1.82) is 0 Å². The van der Waals surface area contributed by atoms with E-state index in [0.717, 1.165) is 0 Å². The number of benzene rings is 1. The van der Waals surface area contributed by atoms with Gasteiger partial charge in [-0.1, -0.05) is 91.9 Å². The first kappa shape index (κ1) is 18.7. The van der Waals surface area contributed by atoms with Crippen molar-refractivity contribution < 1.29 is 0 Å². The minimum Gasteiger partial charge on any atom is -0.313 e. The quantitative estimate of drug-likeness (QED) is 0.444. The molecule has 1 aromatic rings. The predicted molar refractivity (Wildman–Crippen MR) is 97.9 cm³/mol. The lowest BCUT2D eigenvalue weighted by Gasteiger charge is -2.18. The average molecular weight is 354 g/mol. The van der Waals surface area contributed by atoms with Crippen LogP contribution in [-0.2, 0) is 0 Å². The molecule has 0 radical (unpaired) electrons. The molecule has 1 nitrogen and oxygen atoms in total. The van der Waals surface area contributed by atoms with Gasteiger partial charge in [-0.2, -0.15) is 0 Å². The summed E-state index contributed by atoms with van der Waals surface area (Å²) in [5.41, 5.74) is 2.74. The van der Waals surface area contributed by atoms with E-state index in [9.17, 15) is 0 Å². The van der Waals surface area contributed by atoms with E-state index in [2.05, 4.69) is 60.3 Å². The molecule has 120 valence electrons. The Balaban J connectivity index is 2.27. The van der Waals surface area contributed by atoms with Gasteiger partial charge in [0.05, 0.1) is 0 Å². The summed E-state index contributed by atoms with van der Waals surface area (Å²) in [4.78, 5) is 0. The summed E-state index contributed by atoms with van der Waals surface area (Å²) in [6.45, 7) is 4.44. The Labute approximate surface area is 140 Å². The fourth-order valence-corrected chi connectivity index (χ4v) is 3.39. The van der Waals surface area contributed by atoms with E-state index < -0.39 is 0 Å². The Hall–Kier alpha value is -0.340. The minimum atomic E-state index is 0.472. The number of hydrogen-bond acceptors (Lipinski definition) is 1. The average Bonchev–Trinajstić information content (AvgIpc) is 2.49. The Morgan fingerprint density at radius 1 is 1.00 bits per heavy atom. The fraction of sp³-hybridized carbons (Fsp3) is 0.684. The van der Waals surface area contributed by atoms with Crippen LogP contribution in [0.15, 0.2) is 22.7 Å². The van der Waals surface area contributed by atoms with Gasteiger partial charge in [0.15, 0.2) is 0 Å². The fourth-order valence-electron chi connectivity index (χ4n) is 2.87. The molecule has 0 bridgehead atoms. The van der Waals surface area contributed by atoms with Crippen molar-refractivity contribution in [3.05, 3.63) is 33.8 Å². The summed E-state index contributed by atoms with van der Waals surface area (Å²) in [7, 11) is 2.07. The van der Waals surface area contributed by atoms with Crippen LogP contribution in [0.25, 0.3) is 0 Å². The van der Waals surface area contributed by atoms with Gasteiger partial charge in [0.25, 0.3) is 0 Å². The summed E-state index contributed by atoms with van der Waals surface area (Å²) < 4.78 is 1.23. The zero-order valence-electron chi connectivity index (χ0n) is 14.1. The van der Waals surface area contributed by atoms with Gasteiger partial charge in [0, 0.05) is 10.5 Å². The van der Waals surface area contributed by atoms with Gasteiger partial charge in [-0.25, -0.2) is 0 Å². The molecule has 0 heterocycles. The molecular weight excluding hydrogens is 322 g/mol. The maximum absolute atomic E-state index is 3.69. The van der Waals surface area contributed by atoms with Gasteiger partial charge in [0.2, 0.25) is 0 Å². The Morgan fingerprint density at radius 3 is 2.24 bits per heavy atom. The molecule has 0 aliphatic carbocycles. The molecule has 0 amide bonds. The molecule has 1 atom stereocenters.